The molecule has 4 heteroatoms. The Kier molecular flexibility index (Phi) is 4.20. The zero-order valence-electron chi connectivity index (χ0n) is 9.98. The Morgan fingerprint density at radius 3 is 2.78 bits per heavy atom. The Morgan fingerprint density at radius 2 is 2.00 bits per heavy atom. The van der Waals surface area contributed by atoms with Crippen LogP contribution in [0.3, 0.4) is 0 Å². The topological polar surface area (TPSA) is 35.5 Å². The highest BCUT2D eigenvalue weighted by Gasteiger charge is 2.08. The van der Waals surface area contributed by atoms with E-state index in [9.17, 15) is 4.79 Å². The molecule has 94 valence electrons. The molecular weight excluding hydrogens is 296 g/mol. The number of ether oxygens (including phenoxy) is 2. The fourth-order valence-corrected chi connectivity index (χ4v) is 2.27. The summed E-state index contributed by atoms with van der Waals surface area (Å²) in [6.07, 6.45) is 0. The van der Waals surface area contributed by atoms with E-state index in [2.05, 4.69) is 15.9 Å². The molecule has 0 unspecified atom stereocenters. The van der Waals surface area contributed by atoms with Crippen molar-refractivity contribution in [2.45, 2.75) is 6.92 Å². The number of hydrogen-bond donors (Lipinski definition) is 0. The van der Waals surface area contributed by atoms with Gasteiger partial charge in [0.2, 0.25) is 0 Å². The minimum Gasteiger partial charge on any atom is -0.481 e. The number of fused-ring (bicyclic) bond motifs is 1. The van der Waals surface area contributed by atoms with Crippen molar-refractivity contribution < 1.29 is 14.3 Å². The number of hydrogen-bond acceptors (Lipinski definition) is 3. The van der Waals surface area contributed by atoms with Gasteiger partial charge < -0.3 is 9.47 Å². The minimum absolute atomic E-state index is 0.0786. The van der Waals surface area contributed by atoms with Crippen LogP contribution in [0.4, 0.5) is 0 Å². The quantitative estimate of drug-likeness (QED) is 0.810. The molecule has 0 atom stereocenters. The molecule has 2 aromatic carbocycles. The summed E-state index contributed by atoms with van der Waals surface area (Å²) in [5, 5.41) is 2.17. The van der Waals surface area contributed by atoms with Gasteiger partial charge in [-0.25, -0.2) is 4.79 Å². The average molecular weight is 309 g/mol. The maximum Gasteiger partial charge on any atom is 0.344 e. The highest BCUT2D eigenvalue weighted by molar-refractivity contribution is 9.10. The van der Waals surface area contributed by atoms with E-state index in [-0.39, 0.29) is 12.6 Å². The number of esters is 1. The lowest BCUT2D eigenvalue weighted by atomic mass is 10.1. The van der Waals surface area contributed by atoms with Crippen molar-refractivity contribution >= 4 is 32.7 Å². The first-order valence-electron chi connectivity index (χ1n) is 5.68. The molecule has 0 bridgehead atoms. The van der Waals surface area contributed by atoms with Crippen LogP contribution < -0.4 is 4.74 Å². The lowest BCUT2D eigenvalue weighted by Gasteiger charge is -2.09. The second-order valence-electron chi connectivity index (χ2n) is 3.69. The molecule has 0 saturated heterocycles. The molecule has 18 heavy (non-hydrogen) atoms. The van der Waals surface area contributed by atoms with E-state index in [0.29, 0.717) is 12.4 Å². The molecule has 0 spiro atoms. The molecule has 0 aromatic heterocycles. The normalized spacial score (nSPS) is 10.3. The van der Waals surface area contributed by atoms with Crippen molar-refractivity contribution in [3.63, 3.8) is 0 Å². The maximum atomic E-state index is 11.2. The van der Waals surface area contributed by atoms with Gasteiger partial charge in [0.25, 0.3) is 0 Å². The van der Waals surface area contributed by atoms with Crippen molar-refractivity contribution in [2.75, 3.05) is 13.2 Å². The highest BCUT2D eigenvalue weighted by atomic mass is 79.9. The first-order valence-corrected chi connectivity index (χ1v) is 6.47. The third kappa shape index (κ3) is 2.82. The summed E-state index contributed by atoms with van der Waals surface area (Å²) in [5.41, 5.74) is 0. The molecule has 0 amide bonds. The van der Waals surface area contributed by atoms with Crippen molar-refractivity contribution in [1.82, 2.24) is 0 Å². The summed E-state index contributed by atoms with van der Waals surface area (Å²) < 4.78 is 11.1. The van der Waals surface area contributed by atoms with E-state index in [4.69, 9.17) is 9.47 Å². The number of rotatable bonds is 4. The fraction of sp³-hybridized carbons (Fsp3) is 0.214. The van der Waals surface area contributed by atoms with Gasteiger partial charge in [-0.3, -0.25) is 0 Å². The van der Waals surface area contributed by atoms with Gasteiger partial charge in [-0.15, -0.1) is 0 Å². The van der Waals surface area contributed by atoms with Crippen LogP contribution in [0.25, 0.3) is 10.8 Å². The molecule has 2 aromatic rings. The molecule has 2 rings (SSSR count). The Balaban J connectivity index is 2.19. The number of halogens is 1. The summed E-state index contributed by atoms with van der Waals surface area (Å²) >= 11 is 3.49. The zero-order chi connectivity index (χ0) is 13.0. The van der Waals surface area contributed by atoms with Crippen LogP contribution in [0, 0.1) is 0 Å². The van der Waals surface area contributed by atoms with Crippen LogP contribution in [0.5, 0.6) is 5.75 Å². The highest BCUT2D eigenvalue weighted by Crippen LogP contribution is 2.32. The van der Waals surface area contributed by atoms with Gasteiger partial charge in [0.05, 0.1) is 11.1 Å². The number of carbonyl (C=O) groups excluding carboxylic acids is 1. The van der Waals surface area contributed by atoms with E-state index in [1.165, 1.54) is 0 Å². The standard InChI is InChI=1S/C14H13BrO3/c1-2-17-13(16)9-18-12-8-7-10-5-3-4-6-11(10)14(12)15/h3-8H,2,9H2,1H3. The largest absolute Gasteiger partial charge is 0.481 e. The third-order valence-corrected chi connectivity index (χ3v) is 3.30. The van der Waals surface area contributed by atoms with Crippen LogP contribution >= 0.6 is 15.9 Å². The van der Waals surface area contributed by atoms with Crippen LogP contribution in [0.1, 0.15) is 6.92 Å². The monoisotopic (exact) mass is 308 g/mol. The van der Waals surface area contributed by atoms with Crippen LogP contribution in [-0.2, 0) is 9.53 Å². The SMILES string of the molecule is CCOC(=O)COc1ccc2ccccc2c1Br. The summed E-state index contributed by atoms with van der Waals surface area (Å²) in [6, 6.07) is 11.8. The smallest absolute Gasteiger partial charge is 0.344 e. The Bertz CT molecular complexity index is 566. The molecule has 3 nitrogen and oxygen atoms in total. The first kappa shape index (κ1) is 12.9. The number of carbonyl (C=O) groups is 1. The van der Waals surface area contributed by atoms with Crippen molar-refractivity contribution in [2.24, 2.45) is 0 Å². The van der Waals surface area contributed by atoms with Gasteiger partial charge in [-0.1, -0.05) is 30.3 Å². The molecule has 0 heterocycles. The summed E-state index contributed by atoms with van der Waals surface area (Å²) in [5.74, 6) is 0.277. The van der Waals surface area contributed by atoms with E-state index >= 15 is 0 Å². The van der Waals surface area contributed by atoms with E-state index in [1.807, 2.05) is 36.4 Å². The Morgan fingerprint density at radius 1 is 1.22 bits per heavy atom. The number of benzene rings is 2. The molecule has 0 aliphatic heterocycles. The van der Waals surface area contributed by atoms with Gasteiger partial charge in [0, 0.05) is 0 Å². The second kappa shape index (κ2) is 5.87. The van der Waals surface area contributed by atoms with E-state index < -0.39 is 0 Å². The summed E-state index contributed by atoms with van der Waals surface area (Å²) in [6.45, 7) is 2.05. The molecule has 0 aliphatic rings. The van der Waals surface area contributed by atoms with Gasteiger partial charge in [0.1, 0.15) is 5.75 Å². The second-order valence-corrected chi connectivity index (χ2v) is 4.49. The van der Waals surface area contributed by atoms with Crippen molar-refractivity contribution in [3.05, 3.63) is 40.9 Å². The molecule has 0 radical (unpaired) electrons. The van der Waals surface area contributed by atoms with Crippen molar-refractivity contribution in [3.8, 4) is 5.75 Å². The van der Waals surface area contributed by atoms with Crippen molar-refractivity contribution in [1.29, 1.82) is 0 Å². The molecule has 0 aliphatic carbocycles. The molecule has 0 fully saturated rings. The lowest BCUT2D eigenvalue weighted by molar-refractivity contribution is -0.145. The van der Waals surface area contributed by atoms with Gasteiger partial charge in [0.15, 0.2) is 6.61 Å². The molecular formula is C14H13BrO3. The average Bonchev–Trinajstić information content (AvgIpc) is 2.39. The predicted octanol–water partition coefficient (Wildman–Crippen LogP) is 3.54. The van der Waals surface area contributed by atoms with E-state index in [1.54, 1.807) is 6.92 Å². The Labute approximate surface area is 114 Å². The minimum atomic E-state index is -0.363. The Hall–Kier alpha value is -1.55. The lowest BCUT2D eigenvalue weighted by Crippen LogP contribution is -2.14. The summed E-state index contributed by atoms with van der Waals surface area (Å²) in [4.78, 5) is 11.2. The predicted molar refractivity (Wildman–Crippen MR) is 73.8 cm³/mol. The summed E-state index contributed by atoms with van der Waals surface area (Å²) in [7, 11) is 0. The fourth-order valence-electron chi connectivity index (χ4n) is 1.66. The van der Waals surface area contributed by atoms with Gasteiger partial charge >= 0.3 is 5.97 Å². The zero-order valence-corrected chi connectivity index (χ0v) is 11.6. The van der Waals surface area contributed by atoms with Crippen LogP contribution in [0.15, 0.2) is 40.9 Å². The molecule has 0 saturated carbocycles. The molecule has 0 N–H and O–H groups in total. The maximum absolute atomic E-state index is 11.2. The first-order chi connectivity index (χ1) is 8.72. The van der Waals surface area contributed by atoms with E-state index in [0.717, 1.165) is 15.2 Å². The van der Waals surface area contributed by atoms with Gasteiger partial charge in [-0.05, 0) is 39.7 Å². The van der Waals surface area contributed by atoms with Crippen LogP contribution in [-0.4, -0.2) is 19.2 Å². The third-order valence-electron chi connectivity index (χ3n) is 2.48. The van der Waals surface area contributed by atoms with Gasteiger partial charge in [-0.2, -0.15) is 0 Å². The van der Waals surface area contributed by atoms with Crippen LogP contribution in [0.2, 0.25) is 0 Å².